The number of aryl methyl sites for hydroxylation is 1. The molecule has 24 heavy (non-hydrogen) atoms. The Labute approximate surface area is 147 Å². The standard InChI is InChI=1S/C17H24N4O2S/c1-20(11-13-6-5-7-14(10-13)24-4)17(22)19-15(12-23-3)16-8-9-18-21(16)2/h5-10,15H,11-12H2,1-4H3,(H,19,22). The molecule has 0 aliphatic carbocycles. The van der Waals surface area contributed by atoms with Gasteiger partial charge in [0.15, 0.2) is 0 Å². The van der Waals surface area contributed by atoms with Gasteiger partial charge in [0.05, 0.1) is 18.3 Å². The molecule has 0 bridgehead atoms. The van der Waals surface area contributed by atoms with Crippen molar-refractivity contribution in [2.75, 3.05) is 27.0 Å². The second kappa shape index (κ2) is 8.75. The number of ether oxygens (including phenoxy) is 1. The number of carbonyl (C=O) groups is 1. The summed E-state index contributed by atoms with van der Waals surface area (Å²) in [5.41, 5.74) is 2.01. The van der Waals surface area contributed by atoms with E-state index in [4.69, 9.17) is 4.74 Å². The van der Waals surface area contributed by atoms with Crippen molar-refractivity contribution >= 4 is 17.8 Å². The lowest BCUT2D eigenvalue weighted by Gasteiger charge is -2.23. The van der Waals surface area contributed by atoms with Gasteiger partial charge in [-0.2, -0.15) is 5.10 Å². The first-order chi connectivity index (χ1) is 11.5. The summed E-state index contributed by atoms with van der Waals surface area (Å²) in [7, 11) is 5.25. The van der Waals surface area contributed by atoms with Gasteiger partial charge in [-0.3, -0.25) is 4.68 Å². The highest BCUT2D eigenvalue weighted by Gasteiger charge is 2.19. The summed E-state index contributed by atoms with van der Waals surface area (Å²) in [6, 6.07) is 9.69. The maximum atomic E-state index is 12.5. The van der Waals surface area contributed by atoms with Crippen LogP contribution in [0.5, 0.6) is 0 Å². The molecule has 1 N–H and O–H groups in total. The molecule has 1 aromatic carbocycles. The number of benzene rings is 1. The van der Waals surface area contributed by atoms with E-state index < -0.39 is 0 Å². The van der Waals surface area contributed by atoms with Crippen LogP contribution in [0, 0.1) is 0 Å². The summed E-state index contributed by atoms with van der Waals surface area (Å²) in [6.45, 7) is 0.937. The van der Waals surface area contributed by atoms with E-state index in [2.05, 4.69) is 22.5 Å². The van der Waals surface area contributed by atoms with Gasteiger partial charge in [-0.15, -0.1) is 11.8 Å². The highest BCUT2D eigenvalue weighted by molar-refractivity contribution is 7.98. The van der Waals surface area contributed by atoms with Gasteiger partial charge in [0.2, 0.25) is 0 Å². The van der Waals surface area contributed by atoms with Gasteiger partial charge in [0, 0.05) is 38.8 Å². The molecule has 2 rings (SSSR count). The van der Waals surface area contributed by atoms with Crippen molar-refractivity contribution in [2.45, 2.75) is 17.5 Å². The first-order valence-electron chi connectivity index (χ1n) is 7.66. The predicted octanol–water partition coefficient (Wildman–Crippen LogP) is 2.67. The van der Waals surface area contributed by atoms with Crippen LogP contribution in [0.3, 0.4) is 0 Å². The molecule has 2 amide bonds. The zero-order chi connectivity index (χ0) is 17.5. The van der Waals surface area contributed by atoms with Crippen LogP contribution in [-0.2, 0) is 18.3 Å². The fraction of sp³-hybridized carbons (Fsp3) is 0.412. The number of thioether (sulfide) groups is 1. The Morgan fingerprint density at radius 1 is 1.46 bits per heavy atom. The first-order valence-corrected chi connectivity index (χ1v) is 8.89. The molecule has 0 fully saturated rings. The minimum Gasteiger partial charge on any atom is -0.382 e. The lowest BCUT2D eigenvalue weighted by atomic mass is 10.2. The highest BCUT2D eigenvalue weighted by atomic mass is 32.2. The number of hydrogen-bond acceptors (Lipinski definition) is 4. The number of nitrogens with zero attached hydrogens (tertiary/aromatic N) is 3. The molecule has 0 radical (unpaired) electrons. The number of carbonyl (C=O) groups excluding carboxylic acids is 1. The predicted molar refractivity (Wildman–Crippen MR) is 96.0 cm³/mol. The molecule has 0 saturated heterocycles. The van der Waals surface area contributed by atoms with Crippen molar-refractivity contribution in [3.05, 3.63) is 47.8 Å². The van der Waals surface area contributed by atoms with Crippen LogP contribution in [-0.4, -0.2) is 47.7 Å². The maximum Gasteiger partial charge on any atom is 0.318 e. The molecule has 0 spiro atoms. The minimum absolute atomic E-state index is 0.146. The van der Waals surface area contributed by atoms with Gasteiger partial charge < -0.3 is 15.0 Å². The van der Waals surface area contributed by atoms with Crippen molar-refractivity contribution in [3.63, 3.8) is 0 Å². The molecule has 1 heterocycles. The van der Waals surface area contributed by atoms with Crippen LogP contribution in [0.25, 0.3) is 0 Å². The van der Waals surface area contributed by atoms with E-state index in [9.17, 15) is 4.79 Å². The zero-order valence-electron chi connectivity index (χ0n) is 14.5. The third-order valence-corrected chi connectivity index (χ3v) is 4.47. The van der Waals surface area contributed by atoms with Crippen LogP contribution < -0.4 is 5.32 Å². The van der Waals surface area contributed by atoms with Crippen LogP contribution >= 0.6 is 11.8 Å². The molecule has 1 unspecified atom stereocenters. The van der Waals surface area contributed by atoms with Crippen molar-refractivity contribution in [3.8, 4) is 0 Å². The molecule has 1 atom stereocenters. The number of rotatable bonds is 7. The van der Waals surface area contributed by atoms with Crippen molar-refractivity contribution in [1.82, 2.24) is 20.0 Å². The van der Waals surface area contributed by atoms with E-state index in [0.29, 0.717) is 13.2 Å². The van der Waals surface area contributed by atoms with Crippen molar-refractivity contribution in [2.24, 2.45) is 7.05 Å². The third-order valence-electron chi connectivity index (χ3n) is 3.75. The van der Waals surface area contributed by atoms with Crippen LogP contribution in [0.1, 0.15) is 17.3 Å². The van der Waals surface area contributed by atoms with Crippen LogP contribution in [0.2, 0.25) is 0 Å². The Hall–Kier alpha value is -1.99. The summed E-state index contributed by atoms with van der Waals surface area (Å²) < 4.78 is 6.98. The number of urea groups is 1. The Morgan fingerprint density at radius 3 is 2.88 bits per heavy atom. The number of amides is 2. The second-order valence-corrected chi connectivity index (χ2v) is 6.42. The maximum absolute atomic E-state index is 12.5. The molecular formula is C17H24N4O2S. The Kier molecular flexibility index (Phi) is 6.69. The zero-order valence-corrected chi connectivity index (χ0v) is 15.3. The monoisotopic (exact) mass is 348 g/mol. The molecule has 130 valence electrons. The molecule has 0 aliphatic rings. The molecule has 6 nitrogen and oxygen atoms in total. The van der Waals surface area contributed by atoms with Gasteiger partial charge in [-0.1, -0.05) is 12.1 Å². The molecule has 0 saturated carbocycles. The van der Waals surface area contributed by atoms with Crippen LogP contribution in [0.15, 0.2) is 41.4 Å². The lowest BCUT2D eigenvalue weighted by Crippen LogP contribution is -2.41. The Bertz CT molecular complexity index is 674. The topological polar surface area (TPSA) is 59.4 Å². The van der Waals surface area contributed by atoms with E-state index in [-0.39, 0.29) is 12.1 Å². The second-order valence-electron chi connectivity index (χ2n) is 5.54. The third kappa shape index (κ3) is 4.75. The quantitative estimate of drug-likeness (QED) is 0.782. The first kappa shape index (κ1) is 18.4. The van der Waals surface area contributed by atoms with Gasteiger partial charge in [-0.05, 0) is 30.0 Å². The van der Waals surface area contributed by atoms with Crippen molar-refractivity contribution < 1.29 is 9.53 Å². The molecule has 2 aromatic rings. The van der Waals surface area contributed by atoms with Gasteiger partial charge >= 0.3 is 6.03 Å². The van der Waals surface area contributed by atoms with E-state index in [1.165, 1.54) is 4.90 Å². The van der Waals surface area contributed by atoms with Gasteiger partial charge in [-0.25, -0.2) is 4.79 Å². The number of nitrogens with one attached hydrogen (secondary N) is 1. The summed E-state index contributed by atoms with van der Waals surface area (Å²) in [4.78, 5) is 15.4. The SMILES string of the molecule is COCC(NC(=O)N(C)Cc1cccc(SC)c1)c1ccnn1C. The summed E-state index contributed by atoms with van der Waals surface area (Å²) in [5.74, 6) is 0. The normalized spacial score (nSPS) is 12.0. The Balaban J connectivity index is 2.02. The fourth-order valence-electron chi connectivity index (χ4n) is 2.47. The number of methoxy groups -OCH3 is 1. The van der Waals surface area contributed by atoms with E-state index >= 15 is 0 Å². The fourth-order valence-corrected chi connectivity index (χ4v) is 2.95. The highest BCUT2D eigenvalue weighted by Crippen LogP contribution is 2.17. The average molecular weight is 348 g/mol. The number of aromatic nitrogens is 2. The van der Waals surface area contributed by atoms with E-state index in [1.54, 1.807) is 41.7 Å². The summed E-state index contributed by atoms with van der Waals surface area (Å²) in [6.07, 6.45) is 3.75. The largest absolute Gasteiger partial charge is 0.382 e. The van der Waals surface area contributed by atoms with E-state index in [0.717, 1.165) is 11.3 Å². The summed E-state index contributed by atoms with van der Waals surface area (Å²) in [5, 5.41) is 7.16. The molecular weight excluding hydrogens is 324 g/mol. The van der Waals surface area contributed by atoms with Gasteiger partial charge in [0.25, 0.3) is 0 Å². The minimum atomic E-state index is -0.241. The summed E-state index contributed by atoms with van der Waals surface area (Å²) >= 11 is 1.69. The smallest absolute Gasteiger partial charge is 0.318 e. The molecule has 1 aromatic heterocycles. The van der Waals surface area contributed by atoms with Crippen LogP contribution in [0.4, 0.5) is 4.79 Å². The average Bonchev–Trinajstić information content (AvgIpc) is 3.00. The molecule has 7 heteroatoms. The molecule has 0 aliphatic heterocycles. The van der Waals surface area contributed by atoms with Gasteiger partial charge in [0.1, 0.15) is 0 Å². The van der Waals surface area contributed by atoms with E-state index in [1.807, 2.05) is 31.5 Å². The Morgan fingerprint density at radius 2 is 2.25 bits per heavy atom. The number of hydrogen-bond donors (Lipinski definition) is 1. The van der Waals surface area contributed by atoms with Crippen molar-refractivity contribution in [1.29, 1.82) is 0 Å². The lowest BCUT2D eigenvalue weighted by molar-refractivity contribution is 0.154.